The lowest BCUT2D eigenvalue weighted by Gasteiger charge is -2.23. The van der Waals surface area contributed by atoms with Crippen LogP contribution in [-0.4, -0.2) is 62.4 Å². The average molecular weight is 476 g/mol. The van der Waals surface area contributed by atoms with Crippen LogP contribution in [0.1, 0.15) is 26.7 Å². The van der Waals surface area contributed by atoms with Crippen LogP contribution in [-0.2, 0) is 0 Å². The zero-order valence-corrected chi connectivity index (χ0v) is 20.0. The molecule has 5 N–H and O–H groups in total. The van der Waals surface area contributed by atoms with Crippen LogP contribution in [0, 0.1) is 0 Å². The van der Waals surface area contributed by atoms with Crippen molar-refractivity contribution in [3.63, 3.8) is 0 Å². The average Bonchev–Trinajstić information content (AvgIpc) is 3.19. The molecule has 1 aliphatic heterocycles. The molecule has 0 spiro atoms. The SMILES string of the molecule is CCN(CC)CCOc1ccc(-c2cc(OC(=O)N[C@@H]3CCCNC3)c(NC(N)=O)s2)cc1. The third-order valence-corrected chi connectivity index (χ3v) is 6.55. The molecule has 2 aromatic rings. The first kappa shape index (κ1) is 24.8. The minimum atomic E-state index is -0.720. The van der Waals surface area contributed by atoms with Gasteiger partial charge in [-0.05, 0) is 62.3 Å². The van der Waals surface area contributed by atoms with E-state index in [9.17, 15) is 9.59 Å². The molecule has 0 bridgehead atoms. The first-order valence-corrected chi connectivity index (χ1v) is 12.1. The van der Waals surface area contributed by atoms with Crippen molar-refractivity contribution >= 4 is 28.5 Å². The van der Waals surface area contributed by atoms with E-state index in [0.717, 1.165) is 55.2 Å². The maximum absolute atomic E-state index is 12.4. The number of carbonyl (C=O) groups excluding carboxylic acids is 2. The van der Waals surface area contributed by atoms with E-state index in [1.165, 1.54) is 11.3 Å². The number of nitrogens with zero attached hydrogens (tertiary/aromatic N) is 1. The lowest BCUT2D eigenvalue weighted by Crippen LogP contribution is -2.46. The number of benzene rings is 1. The van der Waals surface area contributed by atoms with Gasteiger partial charge in [0.25, 0.3) is 0 Å². The number of thiophene rings is 1. The summed E-state index contributed by atoms with van der Waals surface area (Å²) in [4.78, 5) is 27.0. The molecule has 9 nitrogen and oxygen atoms in total. The van der Waals surface area contributed by atoms with Crippen molar-refractivity contribution in [1.29, 1.82) is 0 Å². The summed E-state index contributed by atoms with van der Waals surface area (Å²) in [5.41, 5.74) is 6.21. The molecule has 1 aromatic carbocycles. The maximum atomic E-state index is 12.4. The zero-order valence-electron chi connectivity index (χ0n) is 19.2. The molecule has 1 atom stereocenters. The highest BCUT2D eigenvalue weighted by Crippen LogP contribution is 2.41. The monoisotopic (exact) mass is 475 g/mol. The van der Waals surface area contributed by atoms with Gasteiger partial charge in [-0.2, -0.15) is 0 Å². The summed E-state index contributed by atoms with van der Waals surface area (Å²) in [7, 11) is 0. The van der Waals surface area contributed by atoms with Crippen molar-refractivity contribution in [2.24, 2.45) is 5.73 Å². The molecular weight excluding hydrogens is 442 g/mol. The number of nitrogens with two attached hydrogens (primary N) is 1. The van der Waals surface area contributed by atoms with E-state index < -0.39 is 12.1 Å². The first-order valence-electron chi connectivity index (χ1n) is 11.3. The molecule has 1 aromatic heterocycles. The zero-order chi connectivity index (χ0) is 23.6. The fourth-order valence-electron chi connectivity index (χ4n) is 3.61. The number of anilines is 1. The second-order valence-corrected chi connectivity index (χ2v) is 8.82. The summed E-state index contributed by atoms with van der Waals surface area (Å²) in [5.74, 6) is 1.05. The maximum Gasteiger partial charge on any atom is 0.412 e. The summed E-state index contributed by atoms with van der Waals surface area (Å²) in [6.45, 7) is 9.42. The topological polar surface area (TPSA) is 118 Å². The number of likely N-dealkylation sites (N-methyl/N-ethyl adjacent to an activating group) is 1. The quantitative estimate of drug-likeness (QED) is 0.418. The van der Waals surface area contributed by atoms with Crippen LogP contribution < -0.4 is 31.2 Å². The number of hydrogen-bond acceptors (Lipinski definition) is 7. The van der Waals surface area contributed by atoms with Gasteiger partial charge in [-0.1, -0.05) is 13.8 Å². The van der Waals surface area contributed by atoms with E-state index in [2.05, 4.69) is 34.7 Å². The molecule has 0 unspecified atom stereocenters. The minimum absolute atomic E-state index is 0.0196. The van der Waals surface area contributed by atoms with E-state index in [4.69, 9.17) is 15.2 Å². The van der Waals surface area contributed by atoms with E-state index in [1.54, 1.807) is 6.07 Å². The fraction of sp³-hybridized carbons (Fsp3) is 0.478. The van der Waals surface area contributed by atoms with Crippen molar-refractivity contribution < 1.29 is 19.1 Å². The molecule has 1 fully saturated rings. The number of nitrogens with one attached hydrogen (secondary N) is 3. The smallest absolute Gasteiger partial charge is 0.412 e. The summed E-state index contributed by atoms with van der Waals surface area (Å²) < 4.78 is 11.3. The second-order valence-electron chi connectivity index (χ2n) is 7.77. The highest BCUT2D eigenvalue weighted by atomic mass is 32.1. The van der Waals surface area contributed by atoms with E-state index in [0.29, 0.717) is 18.2 Å². The van der Waals surface area contributed by atoms with Gasteiger partial charge in [0.15, 0.2) is 5.75 Å². The summed E-state index contributed by atoms with van der Waals surface area (Å²) in [6, 6.07) is 8.70. The molecule has 33 heavy (non-hydrogen) atoms. The van der Waals surface area contributed by atoms with Gasteiger partial charge < -0.3 is 30.7 Å². The van der Waals surface area contributed by atoms with Crippen molar-refractivity contribution in [3.8, 4) is 21.9 Å². The van der Waals surface area contributed by atoms with Gasteiger partial charge in [-0.3, -0.25) is 5.32 Å². The van der Waals surface area contributed by atoms with Gasteiger partial charge in [0.1, 0.15) is 17.4 Å². The van der Waals surface area contributed by atoms with Gasteiger partial charge in [0.2, 0.25) is 0 Å². The molecule has 3 rings (SSSR count). The molecule has 180 valence electrons. The van der Waals surface area contributed by atoms with Gasteiger partial charge in [0, 0.05) is 30.1 Å². The van der Waals surface area contributed by atoms with Crippen LogP contribution in [0.5, 0.6) is 11.5 Å². The third-order valence-electron chi connectivity index (χ3n) is 5.47. The summed E-state index contributed by atoms with van der Waals surface area (Å²) in [5, 5.41) is 9.03. The molecule has 0 aliphatic carbocycles. The number of hydrogen-bond donors (Lipinski definition) is 4. The molecule has 1 saturated heterocycles. The normalized spacial score (nSPS) is 15.8. The molecule has 1 aliphatic rings. The largest absolute Gasteiger partial charge is 0.492 e. The van der Waals surface area contributed by atoms with Crippen LogP contribution in [0.15, 0.2) is 30.3 Å². The second kappa shape index (κ2) is 12.4. The van der Waals surface area contributed by atoms with Crippen LogP contribution in [0.2, 0.25) is 0 Å². The van der Waals surface area contributed by atoms with Crippen molar-refractivity contribution in [3.05, 3.63) is 30.3 Å². The molecule has 0 radical (unpaired) electrons. The lowest BCUT2D eigenvalue weighted by molar-refractivity contribution is 0.193. The van der Waals surface area contributed by atoms with Crippen molar-refractivity contribution in [2.45, 2.75) is 32.7 Å². The Kier molecular flexibility index (Phi) is 9.35. The van der Waals surface area contributed by atoms with Crippen molar-refractivity contribution in [2.75, 3.05) is 44.6 Å². The van der Waals surface area contributed by atoms with Gasteiger partial charge >= 0.3 is 12.1 Å². The Labute approximate surface area is 198 Å². The van der Waals surface area contributed by atoms with Gasteiger partial charge in [-0.25, -0.2) is 9.59 Å². The van der Waals surface area contributed by atoms with Crippen LogP contribution in [0.4, 0.5) is 14.6 Å². The van der Waals surface area contributed by atoms with Gasteiger partial charge in [0.05, 0.1) is 0 Å². The molecule has 10 heteroatoms. The number of urea groups is 1. The predicted molar refractivity (Wildman–Crippen MR) is 131 cm³/mol. The van der Waals surface area contributed by atoms with Crippen LogP contribution in [0.3, 0.4) is 0 Å². The number of piperidine rings is 1. The molecule has 3 amide bonds. The summed E-state index contributed by atoms with van der Waals surface area (Å²) in [6.07, 6.45) is 1.33. The number of rotatable bonds is 10. The lowest BCUT2D eigenvalue weighted by atomic mass is 10.1. The predicted octanol–water partition coefficient (Wildman–Crippen LogP) is 3.47. The highest BCUT2D eigenvalue weighted by Gasteiger charge is 2.20. The number of primary amides is 1. The standard InChI is InChI=1S/C23H33N5O4S/c1-3-28(4-2)12-13-31-18-9-7-16(8-10-18)20-14-19(21(33-20)27-22(24)29)32-23(30)26-17-6-5-11-25-15-17/h7-10,14,17,25H,3-6,11-13,15H2,1-2H3,(H,26,30)(H3,24,27,29)/t17-/m1/s1. The van der Waals surface area contributed by atoms with Crippen LogP contribution >= 0.6 is 11.3 Å². The summed E-state index contributed by atoms with van der Waals surface area (Å²) >= 11 is 1.29. The van der Waals surface area contributed by atoms with Gasteiger partial charge in [-0.15, -0.1) is 11.3 Å². The van der Waals surface area contributed by atoms with E-state index >= 15 is 0 Å². The highest BCUT2D eigenvalue weighted by molar-refractivity contribution is 7.20. The third kappa shape index (κ3) is 7.62. The minimum Gasteiger partial charge on any atom is -0.492 e. The Morgan fingerprint density at radius 3 is 2.64 bits per heavy atom. The fourth-order valence-corrected chi connectivity index (χ4v) is 4.60. The molecule has 0 saturated carbocycles. The number of amides is 3. The Morgan fingerprint density at radius 1 is 1.24 bits per heavy atom. The Balaban J connectivity index is 1.65. The Morgan fingerprint density at radius 2 is 2.00 bits per heavy atom. The molecule has 2 heterocycles. The van der Waals surface area contributed by atoms with E-state index in [1.807, 2.05) is 24.3 Å². The van der Waals surface area contributed by atoms with Crippen molar-refractivity contribution in [1.82, 2.24) is 15.5 Å². The first-order chi connectivity index (χ1) is 16.0. The van der Waals surface area contributed by atoms with E-state index in [-0.39, 0.29) is 11.8 Å². The van der Waals surface area contributed by atoms with Crippen LogP contribution in [0.25, 0.3) is 10.4 Å². The molecular formula is C23H33N5O4S. The number of ether oxygens (including phenoxy) is 2. The Bertz CT molecular complexity index is 908. The Hall–Kier alpha value is -2.82. The number of carbonyl (C=O) groups is 2.